The highest BCUT2D eigenvalue weighted by atomic mass is 32.1. The van der Waals surface area contributed by atoms with Gasteiger partial charge in [-0.05, 0) is 23.9 Å². The van der Waals surface area contributed by atoms with E-state index < -0.39 is 5.97 Å². The first-order valence-corrected chi connectivity index (χ1v) is 5.78. The molecule has 0 amide bonds. The second-order valence-corrected chi connectivity index (χ2v) is 5.09. The van der Waals surface area contributed by atoms with Gasteiger partial charge in [-0.3, -0.25) is 4.79 Å². The molecule has 2 nitrogen and oxygen atoms in total. The van der Waals surface area contributed by atoms with Crippen LogP contribution in [0.15, 0.2) is 30.3 Å². The number of carboxylic acids is 1. The van der Waals surface area contributed by atoms with Crippen molar-refractivity contribution in [3.8, 4) is 0 Å². The Morgan fingerprint density at radius 1 is 1.40 bits per heavy atom. The molecular formula is C12H10O2S. The summed E-state index contributed by atoms with van der Waals surface area (Å²) in [5.74, 6) is -0.532. The molecule has 1 aliphatic rings. The molecule has 1 N–H and O–H groups in total. The Bertz CT molecular complexity index is 496. The Labute approximate surface area is 91.2 Å². The molecule has 0 bridgehead atoms. The van der Waals surface area contributed by atoms with Gasteiger partial charge < -0.3 is 5.11 Å². The smallest absolute Gasteiger partial charge is 0.307 e. The lowest BCUT2D eigenvalue weighted by Crippen LogP contribution is -1.97. The van der Waals surface area contributed by atoms with Crippen molar-refractivity contribution < 1.29 is 9.90 Å². The number of benzene rings is 1. The number of rotatable bonds is 2. The van der Waals surface area contributed by atoms with Gasteiger partial charge in [-0.1, -0.05) is 18.2 Å². The zero-order chi connectivity index (χ0) is 10.4. The van der Waals surface area contributed by atoms with Gasteiger partial charge in [-0.15, -0.1) is 11.3 Å². The lowest BCUT2D eigenvalue weighted by molar-refractivity contribution is -0.138. The van der Waals surface area contributed by atoms with Crippen molar-refractivity contribution in [1.29, 1.82) is 0 Å². The molecule has 1 aromatic carbocycles. The van der Waals surface area contributed by atoms with E-state index in [0.29, 0.717) is 0 Å². The first-order chi connectivity index (χ1) is 7.25. The van der Waals surface area contributed by atoms with Gasteiger partial charge in [0.05, 0.1) is 5.92 Å². The van der Waals surface area contributed by atoms with Crippen LogP contribution in [0.4, 0.5) is 0 Å². The molecule has 1 heterocycles. The zero-order valence-corrected chi connectivity index (χ0v) is 8.83. The van der Waals surface area contributed by atoms with Gasteiger partial charge in [0.15, 0.2) is 0 Å². The summed E-state index contributed by atoms with van der Waals surface area (Å²) in [6.45, 7) is 0. The van der Waals surface area contributed by atoms with Crippen LogP contribution in [0.25, 0.3) is 10.1 Å². The third-order valence-electron chi connectivity index (χ3n) is 2.92. The molecule has 1 saturated carbocycles. The Morgan fingerprint density at radius 3 is 2.87 bits per heavy atom. The van der Waals surface area contributed by atoms with Gasteiger partial charge in [0.2, 0.25) is 0 Å². The van der Waals surface area contributed by atoms with Crippen LogP contribution < -0.4 is 0 Å². The van der Waals surface area contributed by atoms with Crippen LogP contribution in [0.5, 0.6) is 0 Å². The molecule has 76 valence electrons. The summed E-state index contributed by atoms with van der Waals surface area (Å²) in [4.78, 5) is 12.0. The van der Waals surface area contributed by atoms with E-state index in [0.717, 1.165) is 6.42 Å². The Balaban J connectivity index is 1.97. The molecule has 3 rings (SSSR count). The molecule has 0 spiro atoms. The molecule has 3 heteroatoms. The van der Waals surface area contributed by atoms with Crippen LogP contribution in [0.3, 0.4) is 0 Å². The van der Waals surface area contributed by atoms with Crippen molar-refractivity contribution in [3.63, 3.8) is 0 Å². The predicted molar refractivity (Wildman–Crippen MR) is 60.3 cm³/mol. The van der Waals surface area contributed by atoms with Gasteiger partial charge in [0.1, 0.15) is 0 Å². The Morgan fingerprint density at radius 2 is 2.20 bits per heavy atom. The van der Waals surface area contributed by atoms with E-state index in [-0.39, 0.29) is 11.8 Å². The maximum Gasteiger partial charge on any atom is 0.307 e. The quantitative estimate of drug-likeness (QED) is 0.841. The lowest BCUT2D eigenvalue weighted by atomic mass is 10.2. The average molecular weight is 218 g/mol. The zero-order valence-electron chi connectivity index (χ0n) is 8.01. The van der Waals surface area contributed by atoms with E-state index in [1.807, 2.05) is 12.1 Å². The van der Waals surface area contributed by atoms with E-state index in [9.17, 15) is 4.79 Å². The minimum absolute atomic E-state index is 0.141. The summed E-state index contributed by atoms with van der Waals surface area (Å²) in [6.07, 6.45) is 0.808. The Hall–Kier alpha value is -1.35. The maximum atomic E-state index is 10.8. The summed E-state index contributed by atoms with van der Waals surface area (Å²) >= 11 is 1.73. The largest absolute Gasteiger partial charge is 0.481 e. The molecule has 0 saturated heterocycles. The fraction of sp³-hybridized carbons (Fsp3) is 0.250. The molecule has 2 atom stereocenters. The molecule has 0 radical (unpaired) electrons. The molecule has 0 aliphatic heterocycles. The molecule has 1 aromatic heterocycles. The number of hydrogen-bond acceptors (Lipinski definition) is 2. The van der Waals surface area contributed by atoms with Gasteiger partial charge in [0.25, 0.3) is 0 Å². The monoisotopic (exact) mass is 218 g/mol. The summed E-state index contributed by atoms with van der Waals surface area (Å²) in [7, 11) is 0. The van der Waals surface area contributed by atoms with Crippen molar-refractivity contribution in [1.82, 2.24) is 0 Å². The SMILES string of the molecule is O=C(O)[C@@H]1C[C@H]1c1cc2ccccc2s1. The molecule has 15 heavy (non-hydrogen) atoms. The van der Waals surface area contributed by atoms with Gasteiger partial charge in [0, 0.05) is 15.5 Å². The minimum Gasteiger partial charge on any atom is -0.481 e. The van der Waals surface area contributed by atoms with Crippen LogP contribution >= 0.6 is 11.3 Å². The highest BCUT2D eigenvalue weighted by Crippen LogP contribution is 2.50. The van der Waals surface area contributed by atoms with Crippen LogP contribution in [0.1, 0.15) is 17.2 Å². The fourth-order valence-electron chi connectivity index (χ4n) is 1.97. The van der Waals surface area contributed by atoms with E-state index >= 15 is 0 Å². The number of thiophene rings is 1. The molecule has 1 fully saturated rings. The normalized spacial score (nSPS) is 24.3. The molecular weight excluding hydrogens is 208 g/mol. The number of hydrogen-bond donors (Lipinski definition) is 1. The van der Waals surface area contributed by atoms with Gasteiger partial charge in [-0.25, -0.2) is 0 Å². The van der Waals surface area contributed by atoms with E-state index in [1.54, 1.807) is 11.3 Å². The number of fused-ring (bicyclic) bond motifs is 1. The summed E-state index contributed by atoms with van der Waals surface area (Å²) in [6, 6.07) is 10.3. The third-order valence-corrected chi connectivity index (χ3v) is 4.17. The van der Waals surface area contributed by atoms with Crippen molar-refractivity contribution in [2.24, 2.45) is 5.92 Å². The summed E-state index contributed by atoms with van der Waals surface area (Å²) in [5.41, 5.74) is 0. The topological polar surface area (TPSA) is 37.3 Å². The first kappa shape index (κ1) is 8.92. The van der Waals surface area contributed by atoms with Gasteiger partial charge >= 0.3 is 5.97 Å². The highest BCUT2D eigenvalue weighted by Gasteiger charge is 2.45. The second-order valence-electron chi connectivity index (χ2n) is 3.97. The fourth-order valence-corrected chi connectivity index (χ4v) is 3.21. The van der Waals surface area contributed by atoms with Gasteiger partial charge in [-0.2, -0.15) is 0 Å². The lowest BCUT2D eigenvalue weighted by Gasteiger charge is -1.89. The maximum absolute atomic E-state index is 10.8. The number of carboxylic acid groups (broad SMARTS) is 1. The standard InChI is InChI=1S/C12H10O2S/c13-12(14)9-6-8(9)11-5-7-3-1-2-4-10(7)15-11/h1-5,8-9H,6H2,(H,13,14)/t8-,9-/m1/s1. The van der Waals surface area contributed by atoms with Crippen LogP contribution in [-0.4, -0.2) is 11.1 Å². The average Bonchev–Trinajstić information content (AvgIpc) is 2.91. The van der Waals surface area contributed by atoms with E-state index in [2.05, 4.69) is 18.2 Å². The van der Waals surface area contributed by atoms with E-state index in [1.165, 1.54) is 15.0 Å². The van der Waals surface area contributed by atoms with Crippen LogP contribution in [-0.2, 0) is 4.79 Å². The summed E-state index contributed by atoms with van der Waals surface area (Å²) in [5, 5.41) is 10.1. The van der Waals surface area contributed by atoms with Crippen molar-refractivity contribution in [3.05, 3.63) is 35.2 Å². The van der Waals surface area contributed by atoms with Crippen molar-refractivity contribution in [2.75, 3.05) is 0 Å². The predicted octanol–water partition coefficient (Wildman–Crippen LogP) is 3.09. The van der Waals surface area contributed by atoms with Crippen LogP contribution in [0.2, 0.25) is 0 Å². The van der Waals surface area contributed by atoms with Crippen molar-refractivity contribution in [2.45, 2.75) is 12.3 Å². The van der Waals surface area contributed by atoms with E-state index in [4.69, 9.17) is 5.11 Å². The van der Waals surface area contributed by atoms with Crippen molar-refractivity contribution >= 4 is 27.4 Å². The first-order valence-electron chi connectivity index (χ1n) is 4.97. The number of aliphatic carboxylic acids is 1. The Kier molecular flexibility index (Phi) is 1.83. The molecule has 0 unspecified atom stereocenters. The third kappa shape index (κ3) is 1.43. The highest BCUT2D eigenvalue weighted by molar-refractivity contribution is 7.19. The van der Waals surface area contributed by atoms with Crippen LogP contribution in [0, 0.1) is 5.92 Å². The molecule has 2 aromatic rings. The number of carbonyl (C=O) groups is 1. The minimum atomic E-state index is -0.655. The molecule has 1 aliphatic carbocycles. The summed E-state index contributed by atoms with van der Waals surface area (Å²) < 4.78 is 1.25. The second kappa shape index (κ2) is 3.07.